The molecule has 0 aliphatic carbocycles. The minimum Gasteiger partial charge on any atom is -0.361 e. The van der Waals surface area contributed by atoms with Gasteiger partial charge in [0.25, 0.3) is 11.8 Å². The van der Waals surface area contributed by atoms with Crippen molar-refractivity contribution in [3.63, 3.8) is 0 Å². The molecule has 1 aromatic carbocycles. The quantitative estimate of drug-likeness (QED) is 0.810. The third-order valence-corrected chi connectivity index (χ3v) is 5.40. The summed E-state index contributed by atoms with van der Waals surface area (Å²) in [6.45, 7) is 3.99. The van der Waals surface area contributed by atoms with Crippen molar-refractivity contribution in [2.75, 3.05) is 31.1 Å². The van der Waals surface area contributed by atoms with Gasteiger partial charge in [-0.2, -0.15) is 5.10 Å². The predicted molar refractivity (Wildman–Crippen MR) is 100 cm³/mol. The van der Waals surface area contributed by atoms with E-state index in [1.54, 1.807) is 38.9 Å². The van der Waals surface area contributed by atoms with Gasteiger partial charge in [0.1, 0.15) is 23.7 Å². The fraction of sp³-hybridized carbons (Fsp3) is 0.450. The van der Waals surface area contributed by atoms with Crippen LogP contribution in [0.3, 0.4) is 0 Å². The van der Waals surface area contributed by atoms with Crippen molar-refractivity contribution in [3.05, 3.63) is 48.0 Å². The lowest BCUT2D eigenvalue weighted by Crippen LogP contribution is -2.62. The molecule has 2 saturated heterocycles. The summed E-state index contributed by atoms with van der Waals surface area (Å²) in [7, 11) is 0. The van der Waals surface area contributed by atoms with E-state index in [0.29, 0.717) is 37.6 Å². The number of piperidine rings is 1. The Kier molecular flexibility index (Phi) is 4.89. The summed E-state index contributed by atoms with van der Waals surface area (Å²) >= 11 is 0. The number of aromatic nitrogens is 2. The fourth-order valence-corrected chi connectivity index (χ4v) is 3.90. The Bertz CT molecular complexity index is 882. The normalized spacial score (nSPS) is 22.7. The molecule has 7 nitrogen and oxygen atoms in total. The van der Waals surface area contributed by atoms with Crippen molar-refractivity contribution >= 4 is 17.5 Å². The number of morpholine rings is 1. The largest absolute Gasteiger partial charge is 0.361 e. The standard InChI is InChI=1S/C20H23FN4O3/c1-2-24-11-8-17(22-24)19(27)23-10-3-9-20(13-23)14-25(18(26)12-28-20)16-6-4-15(21)5-7-16/h4-8,11H,2-3,9-10,12-14H2,1H3. The van der Waals surface area contributed by atoms with Crippen LogP contribution in [0.4, 0.5) is 10.1 Å². The molecule has 2 aliphatic heterocycles. The van der Waals surface area contributed by atoms with E-state index in [-0.39, 0.29) is 24.2 Å². The van der Waals surface area contributed by atoms with Gasteiger partial charge in [-0.25, -0.2) is 4.39 Å². The third-order valence-electron chi connectivity index (χ3n) is 5.40. The van der Waals surface area contributed by atoms with E-state index < -0.39 is 5.60 Å². The molecule has 2 amide bonds. The number of aryl methyl sites for hydroxylation is 1. The summed E-state index contributed by atoms with van der Waals surface area (Å²) in [4.78, 5) is 28.7. The number of amides is 2. The van der Waals surface area contributed by atoms with Gasteiger partial charge in [-0.15, -0.1) is 0 Å². The van der Waals surface area contributed by atoms with E-state index in [1.807, 2.05) is 6.92 Å². The smallest absolute Gasteiger partial charge is 0.274 e. The fourth-order valence-electron chi connectivity index (χ4n) is 3.90. The van der Waals surface area contributed by atoms with Crippen LogP contribution in [0.2, 0.25) is 0 Å². The molecule has 2 aromatic rings. The van der Waals surface area contributed by atoms with E-state index in [9.17, 15) is 14.0 Å². The number of anilines is 1. The van der Waals surface area contributed by atoms with Gasteiger partial charge in [-0.05, 0) is 50.1 Å². The number of nitrogens with zero attached hydrogens (tertiary/aromatic N) is 4. The highest BCUT2D eigenvalue weighted by atomic mass is 19.1. The van der Waals surface area contributed by atoms with E-state index in [2.05, 4.69) is 5.10 Å². The van der Waals surface area contributed by atoms with Crippen LogP contribution in [-0.2, 0) is 16.1 Å². The van der Waals surface area contributed by atoms with Gasteiger partial charge in [0.2, 0.25) is 0 Å². The van der Waals surface area contributed by atoms with Gasteiger partial charge in [-0.1, -0.05) is 0 Å². The van der Waals surface area contributed by atoms with E-state index in [4.69, 9.17) is 4.74 Å². The molecule has 28 heavy (non-hydrogen) atoms. The summed E-state index contributed by atoms with van der Waals surface area (Å²) in [6.07, 6.45) is 3.33. The number of hydrogen-bond acceptors (Lipinski definition) is 4. The highest BCUT2D eigenvalue weighted by molar-refractivity contribution is 5.95. The lowest BCUT2D eigenvalue weighted by atomic mass is 9.90. The Hall–Kier alpha value is -2.74. The van der Waals surface area contributed by atoms with Crippen LogP contribution in [0.1, 0.15) is 30.3 Å². The second-order valence-electron chi connectivity index (χ2n) is 7.31. The highest BCUT2D eigenvalue weighted by Gasteiger charge is 2.44. The molecule has 0 saturated carbocycles. The van der Waals surface area contributed by atoms with Crippen molar-refractivity contribution in [2.24, 2.45) is 0 Å². The van der Waals surface area contributed by atoms with Crippen LogP contribution in [0.25, 0.3) is 0 Å². The first-order valence-electron chi connectivity index (χ1n) is 9.52. The zero-order valence-electron chi connectivity index (χ0n) is 15.8. The van der Waals surface area contributed by atoms with Crippen LogP contribution in [0.5, 0.6) is 0 Å². The Morgan fingerprint density at radius 1 is 1.25 bits per heavy atom. The van der Waals surface area contributed by atoms with Crippen molar-refractivity contribution in [3.8, 4) is 0 Å². The second kappa shape index (κ2) is 7.35. The molecule has 0 bridgehead atoms. The molecule has 0 radical (unpaired) electrons. The van der Waals surface area contributed by atoms with Crippen molar-refractivity contribution in [2.45, 2.75) is 31.9 Å². The van der Waals surface area contributed by atoms with Crippen LogP contribution in [-0.4, -0.2) is 58.3 Å². The van der Waals surface area contributed by atoms with Crippen LogP contribution in [0, 0.1) is 5.82 Å². The Balaban J connectivity index is 1.52. The number of ether oxygens (including phenoxy) is 1. The van der Waals surface area contributed by atoms with Crippen molar-refractivity contribution < 1.29 is 18.7 Å². The SMILES string of the molecule is CCn1ccc(C(=O)N2CCCC3(C2)CN(c2ccc(F)cc2)C(=O)CO3)n1. The number of carbonyl (C=O) groups excluding carboxylic acids is 2. The number of halogens is 1. The van der Waals surface area contributed by atoms with Gasteiger partial charge in [0.15, 0.2) is 0 Å². The van der Waals surface area contributed by atoms with E-state index >= 15 is 0 Å². The number of likely N-dealkylation sites (tertiary alicyclic amines) is 1. The van der Waals surface area contributed by atoms with E-state index in [1.165, 1.54) is 12.1 Å². The highest BCUT2D eigenvalue weighted by Crippen LogP contribution is 2.32. The molecule has 1 aromatic heterocycles. The number of rotatable bonds is 3. The van der Waals surface area contributed by atoms with Crippen molar-refractivity contribution in [1.82, 2.24) is 14.7 Å². The Morgan fingerprint density at radius 2 is 2.04 bits per heavy atom. The molecule has 4 rings (SSSR count). The summed E-state index contributed by atoms with van der Waals surface area (Å²) < 4.78 is 20.9. The molecular weight excluding hydrogens is 363 g/mol. The first kappa shape index (κ1) is 18.6. The molecule has 3 heterocycles. The lowest BCUT2D eigenvalue weighted by molar-refractivity contribution is -0.144. The van der Waals surface area contributed by atoms with Gasteiger partial charge in [-0.3, -0.25) is 14.3 Å². The second-order valence-corrected chi connectivity index (χ2v) is 7.31. The number of benzene rings is 1. The van der Waals surface area contributed by atoms with Gasteiger partial charge in [0, 0.05) is 25.0 Å². The average Bonchev–Trinajstić information content (AvgIpc) is 3.20. The third kappa shape index (κ3) is 3.52. The zero-order valence-corrected chi connectivity index (χ0v) is 15.8. The van der Waals surface area contributed by atoms with Crippen molar-refractivity contribution in [1.29, 1.82) is 0 Å². The Morgan fingerprint density at radius 3 is 2.75 bits per heavy atom. The average molecular weight is 386 g/mol. The van der Waals surface area contributed by atoms with Gasteiger partial charge in [0.05, 0.1) is 13.1 Å². The maximum Gasteiger partial charge on any atom is 0.274 e. The Labute approximate surface area is 162 Å². The predicted octanol–water partition coefficient (Wildman–Crippen LogP) is 2.08. The summed E-state index contributed by atoms with van der Waals surface area (Å²) in [5, 5.41) is 4.30. The minimum absolute atomic E-state index is 0.0517. The maximum absolute atomic E-state index is 13.2. The number of hydrogen-bond donors (Lipinski definition) is 0. The molecule has 148 valence electrons. The van der Waals surface area contributed by atoms with Crippen LogP contribution in [0.15, 0.2) is 36.5 Å². The minimum atomic E-state index is -0.621. The maximum atomic E-state index is 13.2. The van der Waals surface area contributed by atoms with Gasteiger partial charge < -0.3 is 14.5 Å². The summed E-state index contributed by atoms with van der Waals surface area (Å²) in [5.74, 6) is -0.636. The molecule has 1 atom stereocenters. The van der Waals surface area contributed by atoms with E-state index in [0.717, 1.165) is 12.8 Å². The first-order valence-corrected chi connectivity index (χ1v) is 9.52. The topological polar surface area (TPSA) is 67.7 Å². The lowest BCUT2D eigenvalue weighted by Gasteiger charge is -2.47. The van der Waals surface area contributed by atoms with Crippen LogP contribution >= 0.6 is 0 Å². The molecule has 1 spiro atoms. The monoisotopic (exact) mass is 386 g/mol. The first-order chi connectivity index (χ1) is 13.5. The van der Waals surface area contributed by atoms with Crippen LogP contribution < -0.4 is 4.90 Å². The zero-order chi connectivity index (χ0) is 19.7. The molecule has 1 unspecified atom stereocenters. The summed E-state index contributed by atoms with van der Waals surface area (Å²) in [6, 6.07) is 7.59. The molecule has 2 aliphatic rings. The molecule has 8 heteroatoms. The van der Waals surface area contributed by atoms with Gasteiger partial charge >= 0.3 is 0 Å². The molecule has 0 N–H and O–H groups in total. The number of carbonyl (C=O) groups is 2. The summed E-state index contributed by atoms with van der Waals surface area (Å²) in [5.41, 5.74) is 0.434. The molecule has 2 fully saturated rings. The molecular formula is C20H23FN4O3.